The second-order valence-corrected chi connectivity index (χ2v) is 7.76. The molecule has 1 aliphatic heterocycles. The number of nitrogens with one attached hydrogen (secondary N) is 1. The Bertz CT molecular complexity index is 1120. The maximum Gasteiger partial charge on any atom is 0.311 e. The highest BCUT2D eigenvalue weighted by Gasteiger charge is 2.35. The van der Waals surface area contributed by atoms with Gasteiger partial charge in [0.05, 0.1) is 5.92 Å². The van der Waals surface area contributed by atoms with Crippen LogP contribution in [0, 0.1) is 5.92 Å². The number of anilines is 1. The van der Waals surface area contributed by atoms with Gasteiger partial charge in [-0.3, -0.25) is 14.4 Å². The molecule has 0 aromatic heterocycles. The van der Waals surface area contributed by atoms with Gasteiger partial charge < -0.3 is 19.7 Å². The molecule has 0 unspecified atom stereocenters. The van der Waals surface area contributed by atoms with E-state index < -0.39 is 24.4 Å². The first-order chi connectivity index (χ1) is 16.1. The molecule has 7 heteroatoms. The number of nitrogens with zero attached hydrogens (tertiary/aromatic N) is 1. The fourth-order valence-corrected chi connectivity index (χ4v) is 3.60. The van der Waals surface area contributed by atoms with E-state index in [0.717, 1.165) is 5.56 Å². The number of hydrogen-bond donors (Lipinski definition) is 1. The summed E-state index contributed by atoms with van der Waals surface area (Å²) < 4.78 is 10.9. The van der Waals surface area contributed by atoms with Crippen molar-refractivity contribution in [2.75, 3.05) is 18.5 Å². The third-order valence-electron chi connectivity index (χ3n) is 5.21. The zero-order valence-electron chi connectivity index (χ0n) is 18.0. The van der Waals surface area contributed by atoms with Crippen LogP contribution in [0.2, 0.25) is 0 Å². The summed E-state index contributed by atoms with van der Waals surface area (Å²) in [6, 6.07) is 25.8. The average molecular weight is 444 g/mol. The minimum Gasteiger partial charge on any atom is -0.457 e. The van der Waals surface area contributed by atoms with Gasteiger partial charge in [0.15, 0.2) is 6.61 Å². The first kappa shape index (κ1) is 22.1. The first-order valence-electron chi connectivity index (χ1n) is 10.7. The lowest BCUT2D eigenvalue weighted by Gasteiger charge is -2.16. The van der Waals surface area contributed by atoms with Gasteiger partial charge in [-0.1, -0.05) is 54.6 Å². The molecule has 1 saturated heterocycles. The molecule has 1 heterocycles. The van der Waals surface area contributed by atoms with Crippen LogP contribution in [0.3, 0.4) is 0 Å². The SMILES string of the molecule is O=C(COC(=O)[C@H]1CC(=O)N(Cc2ccccc2)C1)Nc1cccc(Oc2ccccc2)c1. The number of esters is 1. The van der Waals surface area contributed by atoms with Gasteiger partial charge in [-0.25, -0.2) is 0 Å². The van der Waals surface area contributed by atoms with E-state index in [9.17, 15) is 14.4 Å². The van der Waals surface area contributed by atoms with Crippen molar-refractivity contribution in [1.29, 1.82) is 0 Å². The molecule has 168 valence electrons. The summed E-state index contributed by atoms with van der Waals surface area (Å²) in [6.07, 6.45) is 0.0894. The molecule has 3 aromatic rings. The minimum atomic E-state index is -0.573. The highest BCUT2D eigenvalue weighted by atomic mass is 16.5. The van der Waals surface area contributed by atoms with Crippen LogP contribution < -0.4 is 10.1 Å². The summed E-state index contributed by atoms with van der Waals surface area (Å²) in [6.45, 7) is 0.310. The molecule has 1 fully saturated rings. The standard InChI is InChI=1S/C26H24N2O5/c29-24(27-21-10-7-13-23(15-21)33-22-11-5-2-6-12-22)18-32-26(31)20-14-25(30)28(17-20)16-19-8-3-1-4-9-19/h1-13,15,20H,14,16-18H2,(H,27,29)/t20-/m0/s1. The molecule has 0 aliphatic carbocycles. The Morgan fingerprint density at radius 1 is 0.909 bits per heavy atom. The predicted molar refractivity (Wildman–Crippen MR) is 123 cm³/mol. The Kier molecular flexibility index (Phi) is 6.99. The molecule has 2 amide bonds. The van der Waals surface area contributed by atoms with Crippen molar-refractivity contribution in [1.82, 2.24) is 4.90 Å². The van der Waals surface area contributed by atoms with Crippen LogP contribution in [0.5, 0.6) is 11.5 Å². The third-order valence-corrected chi connectivity index (χ3v) is 5.21. The fourth-order valence-electron chi connectivity index (χ4n) is 3.60. The van der Waals surface area contributed by atoms with Crippen molar-refractivity contribution in [3.63, 3.8) is 0 Å². The molecular weight excluding hydrogens is 420 g/mol. The Balaban J connectivity index is 1.25. The second-order valence-electron chi connectivity index (χ2n) is 7.76. The molecule has 0 bridgehead atoms. The average Bonchev–Trinajstić information content (AvgIpc) is 3.19. The van der Waals surface area contributed by atoms with Crippen LogP contribution in [0.4, 0.5) is 5.69 Å². The van der Waals surface area contributed by atoms with Crippen LogP contribution in [-0.2, 0) is 25.7 Å². The van der Waals surface area contributed by atoms with Gasteiger partial charge >= 0.3 is 5.97 Å². The van der Waals surface area contributed by atoms with Crippen molar-refractivity contribution in [3.8, 4) is 11.5 Å². The molecule has 1 N–H and O–H groups in total. The van der Waals surface area contributed by atoms with E-state index in [1.54, 1.807) is 29.2 Å². The molecular formula is C26H24N2O5. The van der Waals surface area contributed by atoms with Crippen LogP contribution in [-0.4, -0.2) is 35.8 Å². The Morgan fingerprint density at radius 2 is 1.61 bits per heavy atom. The molecule has 7 nitrogen and oxygen atoms in total. The highest BCUT2D eigenvalue weighted by molar-refractivity contribution is 5.93. The largest absolute Gasteiger partial charge is 0.457 e. The summed E-state index contributed by atoms with van der Waals surface area (Å²) in [5.41, 5.74) is 1.52. The number of ether oxygens (including phenoxy) is 2. The van der Waals surface area contributed by atoms with Crippen LogP contribution in [0.1, 0.15) is 12.0 Å². The lowest BCUT2D eigenvalue weighted by atomic mass is 10.1. The molecule has 4 rings (SSSR count). The molecule has 33 heavy (non-hydrogen) atoms. The number of hydrogen-bond acceptors (Lipinski definition) is 5. The molecule has 0 radical (unpaired) electrons. The zero-order valence-corrected chi connectivity index (χ0v) is 18.0. The number of para-hydroxylation sites is 1. The Hall–Kier alpha value is -4.13. The monoisotopic (exact) mass is 444 g/mol. The van der Waals surface area contributed by atoms with Gasteiger partial charge in [0.25, 0.3) is 5.91 Å². The maximum atomic E-state index is 12.4. The lowest BCUT2D eigenvalue weighted by molar-refractivity contribution is -0.151. The number of carbonyl (C=O) groups is 3. The smallest absolute Gasteiger partial charge is 0.311 e. The van der Waals surface area contributed by atoms with Crippen LogP contribution >= 0.6 is 0 Å². The maximum absolute atomic E-state index is 12.4. The third kappa shape index (κ3) is 6.20. The van der Waals surface area contributed by atoms with E-state index in [0.29, 0.717) is 23.7 Å². The van der Waals surface area contributed by atoms with E-state index in [2.05, 4.69) is 5.32 Å². The highest BCUT2D eigenvalue weighted by Crippen LogP contribution is 2.24. The van der Waals surface area contributed by atoms with Crippen molar-refractivity contribution in [2.24, 2.45) is 5.92 Å². The zero-order chi connectivity index (χ0) is 23.0. The first-order valence-corrected chi connectivity index (χ1v) is 10.7. The summed E-state index contributed by atoms with van der Waals surface area (Å²) in [7, 11) is 0. The van der Waals surface area contributed by atoms with Crippen LogP contribution in [0.15, 0.2) is 84.9 Å². The molecule has 1 aliphatic rings. The number of benzene rings is 3. The fraction of sp³-hybridized carbons (Fsp3) is 0.192. The van der Waals surface area contributed by atoms with E-state index in [-0.39, 0.29) is 18.9 Å². The number of carbonyl (C=O) groups excluding carboxylic acids is 3. The van der Waals surface area contributed by atoms with E-state index in [1.807, 2.05) is 60.7 Å². The van der Waals surface area contributed by atoms with E-state index in [4.69, 9.17) is 9.47 Å². The molecule has 0 spiro atoms. The van der Waals surface area contributed by atoms with Gasteiger partial charge in [-0.05, 0) is 29.8 Å². The topological polar surface area (TPSA) is 84.9 Å². The number of rotatable bonds is 8. The van der Waals surface area contributed by atoms with Gasteiger partial charge in [0, 0.05) is 31.3 Å². The van der Waals surface area contributed by atoms with Crippen molar-refractivity contribution < 1.29 is 23.9 Å². The van der Waals surface area contributed by atoms with E-state index >= 15 is 0 Å². The van der Waals surface area contributed by atoms with Gasteiger partial charge in [0.2, 0.25) is 5.91 Å². The Labute approximate surface area is 191 Å². The van der Waals surface area contributed by atoms with Gasteiger partial charge in [-0.2, -0.15) is 0 Å². The van der Waals surface area contributed by atoms with Crippen molar-refractivity contribution in [2.45, 2.75) is 13.0 Å². The molecule has 0 saturated carbocycles. The lowest BCUT2D eigenvalue weighted by Crippen LogP contribution is -2.28. The normalized spacial score (nSPS) is 15.2. The summed E-state index contributed by atoms with van der Waals surface area (Å²) in [5.74, 6) is -0.431. The quantitative estimate of drug-likeness (QED) is 0.531. The summed E-state index contributed by atoms with van der Waals surface area (Å²) >= 11 is 0. The minimum absolute atomic E-state index is 0.0894. The second kappa shape index (κ2) is 10.5. The summed E-state index contributed by atoms with van der Waals surface area (Å²) in [4.78, 5) is 38.6. The Morgan fingerprint density at radius 3 is 2.36 bits per heavy atom. The van der Waals surface area contributed by atoms with E-state index in [1.165, 1.54) is 0 Å². The van der Waals surface area contributed by atoms with Gasteiger partial charge in [-0.15, -0.1) is 0 Å². The molecule has 1 atom stereocenters. The number of likely N-dealkylation sites (tertiary alicyclic amines) is 1. The van der Waals surface area contributed by atoms with Crippen molar-refractivity contribution >= 4 is 23.5 Å². The van der Waals surface area contributed by atoms with Crippen molar-refractivity contribution in [3.05, 3.63) is 90.5 Å². The predicted octanol–water partition coefficient (Wildman–Crippen LogP) is 4.01. The number of amides is 2. The molecule has 3 aromatic carbocycles. The van der Waals surface area contributed by atoms with Gasteiger partial charge in [0.1, 0.15) is 11.5 Å². The summed E-state index contributed by atoms with van der Waals surface area (Å²) in [5, 5.41) is 2.69. The van der Waals surface area contributed by atoms with Crippen LogP contribution in [0.25, 0.3) is 0 Å².